The minimum absolute atomic E-state index is 0.212. The number of aliphatic hydroxyl groups is 1. The maximum Gasteiger partial charge on any atom is 0.0735 e. The molecule has 1 aromatic carbocycles. The molecule has 1 aromatic rings. The van der Waals surface area contributed by atoms with Crippen molar-refractivity contribution in [3.63, 3.8) is 0 Å². The minimum Gasteiger partial charge on any atom is -0.391 e. The summed E-state index contributed by atoms with van der Waals surface area (Å²) in [6.07, 6.45) is 0.845. The first-order valence-electron chi connectivity index (χ1n) is 5.19. The molecule has 1 saturated heterocycles. The average Bonchev–Trinajstić information content (AvgIpc) is 2.19. The maximum atomic E-state index is 9.95. The van der Waals surface area contributed by atoms with Crippen molar-refractivity contribution in [2.75, 3.05) is 20.1 Å². The molecule has 14 heavy (non-hydrogen) atoms. The fourth-order valence-corrected chi connectivity index (χ4v) is 2.18. The summed E-state index contributed by atoms with van der Waals surface area (Å²) in [5.41, 5.74) is 1.27. The van der Waals surface area contributed by atoms with Crippen LogP contribution in [0.25, 0.3) is 0 Å². The summed E-state index contributed by atoms with van der Waals surface area (Å²) in [5.74, 6) is 0.326. The highest BCUT2D eigenvalue weighted by Gasteiger charge is 2.26. The first kappa shape index (κ1) is 9.69. The molecule has 1 aliphatic rings. The Bertz CT molecular complexity index is 286. The Morgan fingerprint density at radius 2 is 2.00 bits per heavy atom. The van der Waals surface area contributed by atoms with Gasteiger partial charge in [-0.1, -0.05) is 30.3 Å². The number of piperidine rings is 1. The van der Waals surface area contributed by atoms with Crippen LogP contribution < -0.4 is 0 Å². The van der Waals surface area contributed by atoms with E-state index in [1.54, 1.807) is 0 Å². The third-order valence-corrected chi connectivity index (χ3v) is 3.01. The largest absolute Gasteiger partial charge is 0.391 e. The lowest BCUT2D eigenvalue weighted by Gasteiger charge is -2.33. The van der Waals surface area contributed by atoms with Gasteiger partial charge in [0.15, 0.2) is 0 Å². The summed E-state index contributed by atoms with van der Waals surface area (Å²) in [7, 11) is 2.06. The molecule has 0 spiro atoms. The van der Waals surface area contributed by atoms with Gasteiger partial charge in [-0.05, 0) is 25.6 Å². The van der Waals surface area contributed by atoms with Gasteiger partial charge in [-0.3, -0.25) is 0 Å². The van der Waals surface area contributed by atoms with Gasteiger partial charge < -0.3 is 10.0 Å². The van der Waals surface area contributed by atoms with Gasteiger partial charge in [0.1, 0.15) is 0 Å². The molecule has 0 radical (unpaired) electrons. The third-order valence-electron chi connectivity index (χ3n) is 3.01. The number of aliphatic hydroxyl groups excluding tert-OH is 1. The van der Waals surface area contributed by atoms with Gasteiger partial charge in [-0.25, -0.2) is 0 Å². The van der Waals surface area contributed by atoms with E-state index in [1.165, 1.54) is 5.56 Å². The summed E-state index contributed by atoms with van der Waals surface area (Å²) in [6.45, 7) is 1.87. The quantitative estimate of drug-likeness (QED) is 0.726. The molecule has 1 N–H and O–H groups in total. The number of benzene rings is 1. The molecule has 2 nitrogen and oxygen atoms in total. The van der Waals surface area contributed by atoms with Crippen LogP contribution in [-0.2, 0) is 0 Å². The highest BCUT2D eigenvalue weighted by Crippen LogP contribution is 2.27. The Kier molecular flexibility index (Phi) is 2.85. The second kappa shape index (κ2) is 4.11. The number of likely N-dealkylation sites (N-methyl/N-ethyl adjacent to an activating group) is 1. The maximum absolute atomic E-state index is 9.95. The second-order valence-corrected chi connectivity index (χ2v) is 4.14. The van der Waals surface area contributed by atoms with Gasteiger partial charge in [0, 0.05) is 12.5 Å². The van der Waals surface area contributed by atoms with E-state index in [-0.39, 0.29) is 6.10 Å². The predicted molar refractivity (Wildman–Crippen MR) is 57.3 cm³/mol. The molecule has 0 saturated carbocycles. The summed E-state index contributed by atoms with van der Waals surface area (Å²) in [6, 6.07) is 10.3. The van der Waals surface area contributed by atoms with Gasteiger partial charge in [0.25, 0.3) is 0 Å². The molecule has 0 amide bonds. The van der Waals surface area contributed by atoms with Crippen LogP contribution in [0.3, 0.4) is 0 Å². The van der Waals surface area contributed by atoms with Crippen LogP contribution in [0.15, 0.2) is 30.3 Å². The predicted octanol–water partition coefficient (Wildman–Crippen LogP) is 1.47. The van der Waals surface area contributed by atoms with Crippen LogP contribution in [-0.4, -0.2) is 36.2 Å². The zero-order valence-corrected chi connectivity index (χ0v) is 8.56. The average molecular weight is 191 g/mol. The first-order valence-corrected chi connectivity index (χ1v) is 5.19. The van der Waals surface area contributed by atoms with E-state index in [0.717, 1.165) is 19.5 Å². The molecular weight excluding hydrogens is 174 g/mol. The molecule has 1 aliphatic heterocycles. The molecule has 76 valence electrons. The van der Waals surface area contributed by atoms with Crippen molar-refractivity contribution in [3.05, 3.63) is 35.9 Å². The molecule has 1 heterocycles. The molecule has 2 heteroatoms. The normalized spacial score (nSPS) is 29.0. The standard InChI is InChI=1S/C12H17NO/c1-13-8-7-11(12(14)9-13)10-5-3-2-4-6-10/h2-6,11-12,14H,7-9H2,1H3. The fraction of sp³-hybridized carbons (Fsp3) is 0.500. The number of rotatable bonds is 1. The zero-order valence-electron chi connectivity index (χ0n) is 8.56. The highest BCUT2D eigenvalue weighted by molar-refractivity contribution is 5.21. The first-order chi connectivity index (χ1) is 6.77. The van der Waals surface area contributed by atoms with Crippen LogP contribution in [0.1, 0.15) is 17.9 Å². The molecule has 1 fully saturated rings. The number of hydrogen-bond acceptors (Lipinski definition) is 2. The van der Waals surface area contributed by atoms with Crippen LogP contribution in [0.4, 0.5) is 0 Å². The van der Waals surface area contributed by atoms with E-state index in [1.807, 2.05) is 18.2 Å². The second-order valence-electron chi connectivity index (χ2n) is 4.14. The van der Waals surface area contributed by atoms with Crippen LogP contribution in [0.2, 0.25) is 0 Å². The van der Waals surface area contributed by atoms with Crippen molar-refractivity contribution in [2.24, 2.45) is 0 Å². The highest BCUT2D eigenvalue weighted by atomic mass is 16.3. The molecule has 2 atom stereocenters. The van der Waals surface area contributed by atoms with E-state index in [0.29, 0.717) is 5.92 Å². The molecule has 0 aliphatic carbocycles. The van der Waals surface area contributed by atoms with Crippen molar-refractivity contribution < 1.29 is 5.11 Å². The van der Waals surface area contributed by atoms with Gasteiger partial charge in [0.05, 0.1) is 6.10 Å². The zero-order chi connectivity index (χ0) is 9.97. The van der Waals surface area contributed by atoms with E-state index in [9.17, 15) is 5.11 Å². The van der Waals surface area contributed by atoms with Crippen LogP contribution in [0.5, 0.6) is 0 Å². The van der Waals surface area contributed by atoms with Gasteiger partial charge in [0.2, 0.25) is 0 Å². The Hall–Kier alpha value is -0.860. The number of hydrogen-bond donors (Lipinski definition) is 1. The van der Waals surface area contributed by atoms with E-state index >= 15 is 0 Å². The van der Waals surface area contributed by atoms with Crippen molar-refractivity contribution in [2.45, 2.75) is 18.4 Å². The lowest BCUT2D eigenvalue weighted by molar-refractivity contribution is 0.0638. The van der Waals surface area contributed by atoms with Gasteiger partial charge in [-0.15, -0.1) is 0 Å². The number of nitrogens with zero attached hydrogens (tertiary/aromatic N) is 1. The SMILES string of the molecule is CN1CCC(c2ccccc2)C(O)C1. The fourth-order valence-electron chi connectivity index (χ4n) is 2.18. The molecule has 2 unspecified atom stereocenters. The van der Waals surface area contributed by atoms with Crippen LogP contribution >= 0.6 is 0 Å². The topological polar surface area (TPSA) is 23.5 Å². The van der Waals surface area contributed by atoms with E-state index in [4.69, 9.17) is 0 Å². The Morgan fingerprint density at radius 1 is 1.29 bits per heavy atom. The molecular formula is C12H17NO. The molecule has 0 bridgehead atoms. The Labute approximate surface area is 85.2 Å². The van der Waals surface area contributed by atoms with Crippen molar-refractivity contribution in [3.8, 4) is 0 Å². The summed E-state index contributed by atoms with van der Waals surface area (Å²) < 4.78 is 0. The van der Waals surface area contributed by atoms with Crippen LogP contribution in [0, 0.1) is 0 Å². The molecule has 0 aromatic heterocycles. The Morgan fingerprint density at radius 3 is 2.64 bits per heavy atom. The van der Waals surface area contributed by atoms with Gasteiger partial charge in [-0.2, -0.15) is 0 Å². The van der Waals surface area contributed by atoms with Crippen molar-refractivity contribution in [1.82, 2.24) is 4.90 Å². The van der Waals surface area contributed by atoms with E-state index < -0.39 is 0 Å². The van der Waals surface area contributed by atoms with Crippen molar-refractivity contribution >= 4 is 0 Å². The van der Waals surface area contributed by atoms with Crippen molar-refractivity contribution in [1.29, 1.82) is 0 Å². The summed E-state index contributed by atoms with van der Waals surface area (Å²) >= 11 is 0. The lowest BCUT2D eigenvalue weighted by Crippen LogP contribution is -2.40. The lowest BCUT2D eigenvalue weighted by atomic mass is 9.87. The molecule has 2 rings (SSSR count). The summed E-state index contributed by atoms with van der Waals surface area (Å²) in [5, 5.41) is 9.95. The number of β-amino-alcohol motifs (C(OH)–C–C–N with tert-alkyl or cyclic N) is 1. The minimum atomic E-state index is -0.212. The Balaban J connectivity index is 2.12. The smallest absolute Gasteiger partial charge is 0.0735 e. The third kappa shape index (κ3) is 1.97. The van der Waals surface area contributed by atoms with Gasteiger partial charge >= 0.3 is 0 Å². The number of likely N-dealkylation sites (tertiary alicyclic amines) is 1. The summed E-state index contributed by atoms with van der Waals surface area (Å²) in [4.78, 5) is 2.18. The monoisotopic (exact) mass is 191 g/mol. The van der Waals surface area contributed by atoms with E-state index in [2.05, 4.69) is 24.1 Å².